The van der Waals surface area contributed by atoms with Crippen LogP contribution in [0.4, 0.5) is 33.3 Å². The molecule has 102 valence electrons. The smallest absolute Gasteiger partial charge is 0.185 e. The van der Waals surface area contributed by atoms with Crippen LogP contribution in [0.15, 0.2) is 24.3 Å². The van der Waals surface area contributed by atoms with Crippen LogP contribution in [0.25, 0.3) is 0 Å². The highest BCUT2D eigenvalue weighted by molar-refractivity contribution is 5.62. The van der Waals surface area contributed by atoms with Crippen LogP contribution in [0.1, 0.15) is 5.56 Å². The lowest BCUT2D eigenvalue weighted by Gasteiger charge is -2.10. The number of nitrogens with one attached hydrogen (secondary N) is 1. The third kappa shape index (κ3) is 2.40. The summed E-state index contributed by atoms with van der Waals surface area (Å²) in [5, 5.41) is 10.5. The molecular weight excluding hydrogens is 279 g/mol. The Balaban J connectivity index is 2.48. The molecule has 0 aliphatic heterocycles. The summed E-state index contributed by atoms with van der Waals surface area (Å²) in [6, 6.07) is 4.72. The van der Waals surface area contributed by atoms with Crippen molar-refractivity contribution in [3.8, 4) is 6.07 Å². The minimum absolute atomic E-state index is 0.0144. The standard InChI is InChI=1S/C13H5F5N2/c14-7-3-6(5-19)1-2-10(7)20-13-11(17)8(15)4-9(16)12(13)18/h1-4,20H. The van der Waals surface area contributed by atoms with E-state index < -0.39 is 40.5 Å². The van der Waals surface area contributed by atoms with Gasteiger partial charge < -0.3 is 5.32 Å². The Hall–Kier alpha value is -2.62. The first-order valence-corrected chi connectivity index (χ1v) is 5.23. The molecule has 2 rings (SSSR count). The van der Waals surface area contributed by atoms with Gasteiger partial charge in [0.25, 0.3) is 0 Å². The molecule has 20 heavy (non-hydrogen) atoms. The van der Waals surface area contributed by atoms with Crippen molar-refractivity contribution in [3.05, 3.63) is 58.9 Å². The van der Waals surface area contributed by atoms with Crippen LogP contribution >= 0.6 is 0 Å². The second-order valence-electron chi connectivity index (χ2n) is 3.77. The zero-order valence-electron chi connectivity index (χ0n) is 9.65. The van der Waals surface area contributed by atoms with E-state index in [1.54, 1.807) is 6.07 Å². The number of hydrogen-bond acceptors (Lipinski definition) is 2. The van der Waals surface area contributed by atoms with Crippen molar-refractivity contribution in [2.45, 2.75) is 0 Å². The topological polar surface area (TPSA) is 35.8 Å². The fourth-order valence-electron chi connectivity index (χ4n) is 1.50. The Labute approximate surface area is 110 Å². The maximum atomic E-state index is 13.5. The van der Waals surface area contributed by atoms with Gasteiger partial charge in [0.2, 0.25) is 0 Å². The largest absolute Gasteiger partial charge is 0.348 e. The summed E-state index contributed by atoms with van der Waals surface area (Å²) in [5.41, 5.74) is -1.59. The van der Waals surface area contributed by atoms with Crippen molar-refractivity contribution in [3.63, 3.8) is 0 Å². The third-order valence-electron chi connectivity index (χ3n) is 2.47. The van der Waals surface area contributed by atoms with E-state index in [0.717, 1.165) is 12.1 Å². The Kier molecular flexibility index (Phi) is 3.57. The lowest BCUT2D eigenvalue weighted by molar-refractivity contribution is 0.459. The van der Waals surface area contributed by atoms with E-state index in [4.69, 9.17) is 5.26 Å². The van der Waals surface area contributed by atoms with E-state index in [0.29, 0.717) is 0 Å². The van der Waals surface area contributed by atoms with Crippen LogP contribution in [-0.2, 0) is 0 Å². The second-order valence-corrected chi connectivity index (χ2v) is 3.77. The summed E-state index contributed by atoms with van der Waals surface area (Å²) >= 11 is 0. The molecule has 0 fully saturated rings. The average molecular weight is 284 g/mol. The molecule has 0 bridgehead atoms. The van der Waals surface area contributed by atoms with Crippen molar-refractivity contribution >= 4 is 11.4 Å². The summed E-state index contributed by atoms with van der Waals surface area (Å²) < 4.78 is 66.3. The van der Waals surface area contributed by atoms with Gasteiger partial charge in [-0.25, -0.2) is 22.0 Å². The number of benzene rings is 2. The van der Waals surface area contributed by atoms with Gasteiger partial charge in [-0.2, -0.15) is 5.26 Å². The highest BCUT2D eigenvalue weighted by Gasteiger charge is 2.20. The molecule has 0 radical (unpaired) electrons. The van der Waals surface area contributed by atoms with Crippen LogP contribution in [0.2, 0.25) is 0 Å². The molecule has 0 atom stereocenters. The molecule has 2 aromatic carbocycles. The van der Waals surface area contributed by atoms with Gasteiger partial charge >= 0.3 is 0 Å². The van der Waals surface area contributed by atoms with Crippen LogP contribution in [0.3, 0.4) is 0 Å². The molecule has 0 heterocycles. The number of rotatable bonds is 2. The maximum absolute atomic E-state index is 13.5. The van der Waals surface area contributed by atoms with Crippen LogP contribution < -0.4 is 5.32 Å². The summed E-state index contributed by atoms with van der Waals surface area (Å²) in [6.45, 7) is 0. The number of anilines is 2. The van der Waals surface area contributed by atoms with Crippen molar-refractivity contribution in [2.24, 2.45) is 0 Å². The zero-order chi connectivity index (χ0) is 14.9. The predicted octanol–water partition coefficient (Wildman–Crippen LogP) is 4.00. The van der Waals surface area contributed by atoms with Crippen molar-refractivity contribution in [2.75, 3.05) is 5.32 Å². The number of halogens is 5. The zero-order valence-corrected chi connectivity index (χ0v) is 9.65. The van der Waals surface area contributed by atoms with E-state index in [-0.39, 0.29) is 11.6 Å². The Morgan fingerprint density at radius 1 is 0.850 bits per heavy atom. The molecule has 0 spiro atoms. The molecule has 0 amide bonds. The first kappa shape index (κ1) is 13.8. The molecule has 0 unspecified atom stereocenters. The second kappa shape index (κ2) is 5.17. The highest BCUT2D eigenvalue weighted by atomic mass is 19.2. The van der Waals surface area contributed by atoms with Gasteiger partial charge in [-0.05, 0) is 18.2 Å². The molecule has 1 N–H and O–H groups in total. The lowest BCUT2D eigenvalue weighted by Crippen LogP contribution is -2.04. The normalized spacial score (nSPS) is 10.2. The van der Waals surface area contributed by atoms with E-state index in [9.17, 15) is 22.0 Å². The predicted molar refractivity (Wildman–Crippen MR) is 60.7 cm³/mol. The van der Waals surface area contributed by atoms with Gasteiger partial charge in [0.15, 0.2) is 23.3 Å². The van der Waals surface area contributed by atoms with E-state index >= 15 is 0 Å². The van der Waals surface area contributed by atoms with E-state index in [2.05, 4.69) is 0 Å². The Morgan fingerprint density at radius 3 is 1.95 bits per heavy atom. The minimum Gasteiger partial charge on any atom is -0.348 e. The quantitative estimate of drug-likeness (QED) is 0.668. The lowest BCUT2D eigenvalue weighted by atomic mass is 10.2. The van der Waals surface area contributed by atoms with Gasteiger partial charge in [0.05, 0.1) is 17.3 Å². The average Bonchev–Trinajstić information content (AvgIpc) is 2.42. The fourth-order valence-corrected chi connectivity index (χ4v) is 1.50. The van der Waals surface area contributed by atoms with Crippen LogP contribution in [0.5, 0.6) is 0 Å². The number of nitrogens with zero attached hydrogens (tertiary/aromatic N) is 1. The first-order chi connectivity index (χ1) is 9.43. The number of hydrogen-bond donors (Lipinski definition) is 1. The summed E-state index contributed by atoms with van der Waals surface area (Å²) in [5.74, 6) is -7.56. The molecule has 0 aliphatic rings. The van der Waals surface area contributed by atoms with Gasteiger partial charge in [0, 0.05) is 6.07 Å². The highest BCUT2D eigenvalue weighted by Crippen LogP contribution is 2.28. The molecule has 2 nitrogen and oxygen atoms in total. The maximum Gasteiger partial charge on any atom is 0.185 e. The van der Waals surface area contributed by atoms with Crippen LogP contribution in [0, 0.1) is 40.4 Å². The summed E-state index contributed by atoms with van der Waals surface area (Å²) in [6.07, 6.45) is 0. The van der Waals surface area contributed by atoms with Crippen LogP contribution in [-0.4, -0.2) is 0 Å². The molecule has 0 saturated heterocycles. The Bertz CT molecular complexity index is 695. The van der Waals surface area contributed by atoms with E-state index in [1.807, 2.05) is 5.32 Å². The third-order valence-corrected chi connectivity index (χ3v) is 2.47. The Morgan fingerprint density at radius 2 is 1.45 bits per heavy atom. The van der Waals surface area contributed by atoms with Gasteiger partial charge in [-0.3, -0.25) is 0 Å². The van der Waals surface area contributed by atoms with Gasteiger partial charge in [-0.15, -0.1) is 0 Å². The summed E-state index contributed by atoms with van der Waals surface area (Å²) in [7, 11) is 0. The molecule has 0 aromatic heterocycles. The minimum atomic E-state index is -1.67. The molecule has 0 saturated carbocycles. The molecule has 2 aromatic rings. The fraction of sp³-hybridized carbons (Fsp3) is 0. The van der Waals surface area contributed by atoms with E-state index in [1.165, 1.54) is 6.07 Å². The van der Waals surface area contributed by atoms with Crippen molar-refractivity contribution < 1.29 is 22.0 Å². The molecular formula is C13H5F5N2. The van der Waals surface area contributed by atoms with Crippen molar-refractivity contribution in [1.29, 1.82) is 5.26 Å². The monoisotopic (exact) mass is 284 g/mol. The summed E-state index contributed by atoms with van der Waals surface area (Å²) in [4.78, 5) is 0. The molecule has 0 aliphatic carbocycles. The van der Waals surface area contributed by atoms with Crippen molar-refractivity contribution in [1.82, 2.24) is 0 Å². The van der Waals surface area contributed by atoms with Gasteiger partial charge in [0.1, 0.15) is 11.5 Å². The number of nitriles is 1. The first-order valence-electron chi connectivity index (χ1n) is 5.23. The SMILES string of the molecule is N#Cc1ccc(Nc2c(F)c(F)cc(F)c2F)c(F)c1. The van der Waals surface area contributed by atoms with Gasteiger partial charge in [-0.1, -0.05) is 0 Å². The molecule has 7 heteroatoms.